The summed E-state index contributed by atoms with van der Waals surface area (Å²) >= 11 is 0. The maximum atomic E-state index is 13.9. The highest BCUT2D eigenvalue weighted by Crippen LogP contribution is 2.55. The SMILES string of the molecule is [O-]N1CC=c2c([nH]c3ccccc23)=C1C1=C[C@@]2(O)CCC=CCCCCN3CC[C@@H]1[C@]1(CCC=CCCCCN[C@H]12)C3. The molecule has 1 spiro atoms. The zero-order chi connectivity index (χ0) is 28.6. The predicted molar refractivity (Wildman–Crippen MR) is 172 cm³/mol. The number of benzene rings is 1. The molecule has 1 saturated heterocycles. The highest BCUT2D eigenvalue weighted by molar-refractivity contribution is 5.84. The molecule has 0 amide bonds. The maximum Gasteiger partial charge on any atom is 0.0995 e. The van der Waals surface area contributed by atoms with Crippen LogP contribution in [0.15, 0.2) is 60.2 Å². The molecule has 1 fully saturated rings. The Labute approximate surface area is 250 Å². The van der Waals surface area contributed by atoms with E-state index < -0.39 is 5.60 Å². The number of aromatic nitrogens is 1. The summed E-state index contributed by atoms with van der Waals surface area (Å²) < 4.78 is 0. The van der Waals surface area contributed by atoms with Crippen LogP contribution in [-0.4, -0.2) is 64.4 Å². The van der Waals surface area contributed by atoms with E-state index in [-0.39, 0.29) is 17.4 Å². The molecule has 6 heteroatoms. The highest BCUT2D eigenvalue weighted by atomic mass is 16.5. The van der Waals surface area contributed by atoms with E-state index in [4.69, 9.17) is 0 Å². The second kappa shape index (κ2) is 11.8. The van der Waals surface area contributed by atoms with Crippen LogP contribution in [0.25, 0.3) is 22.7 Å². The number of aromatic amines is 1. The lowest BCUT2D eigenvalue weighted by molar-refractivity contribution is -0.0868. The van der Waals surface area contributed by atoms with Gasteiger partial charge < -0.3 is 30.6 Å². The molecule has 1 aliphatic carbocycles. The van der Waals surface area contributed by atoms with E-state index in [9.17, 15) is 10.3 Å². The summed E-state index contributed by atoms with van der Waals surface area (Å²) in [6, 6.07) is 8.32. The third-order valence-corrected chi connectivity index (χ3v) is 10.8. The van der Waals surface area contributed by atoms with Gasteiger partial charge in [0.05, 0.1) is 16.6 Å². The number of nitrogens with zero attached hydrogens (tertiary/aromatic N) is 2. The van der Waals surface area contributed by atoms with Gasteiger partial charge in [0.2, 0.25) is 0 Å². The number of allylic oxidation sites excluding steroid dienone is 4. The quantitative estimate of drug-likeness (QED) is 0.430. The van der Waals surface area contributed by atoms with Crippen LogP contribution in [0.4, 0.5) is 0 Å². The lowest BCUT2D eigenvalue weighted by atomic mass is 9.53. The molecule has 0 radical (unpaired) electrons. The summed E-state index contributed by atoms with van der Waals surface area (Å²) in [5, 5.41) is 35.3. The van der Waals surface area contributed by atoms with E-state index in [1.165, 1.54) is 24.3 Å². The molecule has 7 rings (SSSR count). The van der Waals surface area contributed by atoms with Gasteiger partial charge in [-0.1, -0.05) is 48.6 Å². The Hall–Kier alpha value is -2.64. The fourth-order valence-electron chi connectivity index (χ4n) is 8.94. The van der Waals surface area contributed by atoms with E-state index >= 15 is 0 Å². The molecule has 3 bridgehead atoms. The Kier molecular flexibility index (Phi) is 7.91. The van der Waals surface area contributed by atoms with Crippen molar-refractivity contribution >= 4 is 22.7 Å². The maximum absolute atomic E-state index is 13.9. The molecular weight excluding hydrogens is 520 g/mol. The standard InChI is InChI=1S/C36H47N4O2/c41-36-20-12-6-2-4-8-14-22-39-23-18-30(35(26-39)19-11-5-1-3-7-13-21-37-34(35)36)29(25-36)33-32-28(17-24-40(33)42)27-15-9-10-16-31(27)38-32/h1-2,5-6,9-10,15-17,25,30,34,37-38,41H,3-4,7-8,11-14,18-24,26H2/q-1/t30-,34+,35-,36-/m0/s1. The summed E-state index contributed by atoms with van der Waals surface area (Å²) in [6.45, 7) is 4.36. The zero-order valence-electron chi connectivity index (χ0n) is 25.0. The second-order valence-electron chi connectivity index (χ2n) is 13.4. The topological polar surface area (TPSA) is 77.6 Å². The summed E-state index contributed by atoms with van der Waals surface area (Å²) in [4.78, 5) is 6.33. The molecule has 1 unspecified atom stereocenters. The van der Waals surface area contributed by atoms with Crippen molar-refractivity contribution < 1.29 is 5.11 Å². The van der Waals surface area contributed by atoms with E-state index in [0.29, 0.717) is 13.0 Å². The number of hydrogen-bond donors (Lipinski definition) is 3. The van der Waals surface area contributed by atoms with E-state index in [1.807, 2.05) is 0 Å². The van der Waals surface area contributed by atoms with Crippen LogP contribution >= 0.6 is 0 Å². The van der Waals surface area contributed by atoms with E-state index in [1.54, 1.807) is 0 Å². The zero-order valence-corrected chi connectivity index (χ0v) is 25.0. The van der Waals surface area contributed by atoms with Crippen LogP contribution in [0.2, 0.25) is 0 Å². The lowest BCUT2D eigenvalue weighted by Crippen LogP contribution is -2.69. The number of rotatable bonds is 1. The lowest BCUT2D eigenvalue weighted by Gasteiger charge is -2.61. The molecule has 0 saturated carbocycles. The first-order valence-corrected chi connectivity index (χ1v) is 16.6. The van der Waals surface area contributed by atoms with Gasteiger partial charge in [-0.15, -0.1) is 0 Å². The van der Waals surface area contributed by atoms with Crippen LogP contribution in [0.1, 0.15) is 70.6 Å². The number of hydroxylamine groups is 2. The predicted octanol–water partition coefficient (Wildman–Crippen LogP) is 4.85. The Bertz CT molecular complexity index is 1500. The van der Waals surface area contributed by atoms with Gasteiger partial charge in [0.25, 0.3) is 0 Å². The normalized spacial score (nSPS) is 34.2. The van der Waals surface area contributed by atoms with Gasteiger partial charge in [0, 0.05) is 40.7 Å². The van der Waals surface area contributed by atoms with Crippen molar-refractivity contribution in [3.8, 4) is 0 Å². The fourth-order valence-corrected chi connectivity index (χ4v) is 8.94. The van der Waals surface area contributed by atoms with Gasteiger partial charge in [0.15, 0.2) is 0 Å². The van der Waals surface area contributed by atoms with Crippen molar-refractivity contribution in [3.05, 3.63) is 76.0 Å². The van der Waals surface area contributed by atoms with Gasteiger partial charge in [-0.05, 0) is 114 Å². The fraction of sp³-hybridized carbons (Fsp3) is 0.556. The van der Waals surface area contributed by atoms with Crippen molar-refractivity contribution in [2.75, 3.05) is 32.7 Å². The van der Waals surface area contributed by atoms with Crippen molar-refractivity contribution in [2.45, 2.75) is 82.3 Å². The number of para-hydroxylation sites is 1. The van der Waals surface area contributed by atoms with Crippen molar-refractivity contribution in [1.82, 2.24) is 20.3 Å². The number of nitrogens with one attached hydrogen (secondary N) is 2. The average Bonchev–Trinajstić information content (AvgIpc) is 3.34. The summed E-state index contributed by atoms with van der Waals surface area (Å²) in [5.74, 6) is 0.199. The van der Waals surface area contributed by atoms with Gasteiger partial charge in [-0.2, -0.15) is 0 Å². The molecule has 1 aromatic carbocycles. The van der Waals surface area contributed by atoms with Crippen LogP contribution in [0.5, 0.6) is 0 Å². The minimum atomic E-state index is -1.05. The van der Waals surface area contributed by atoms with Crippen molar-refractivity contribution in [3.63, 3.8) is 0 Å². The molecule has 2 aromatic rings. The number of hydrogen-bond acceptors (Lipinski definition) is 5. The van der Waals surface area contributed by atoms with Crippen LogP contribution in [0.3, 0.4) is 0 Å². The van der Waals surface area contributed by atoms with Crippen LogP contribution < -0.4 is 15.9 Å². The molecule has 3 N–H and O–H groups in total. The number of aliphatic hydroxyl groups is 1. The average molecular weight is 568 g/mol. The molecule has 224 valence electrons. The Morgan fingerprint density at radius 3 is 2.57 bits per heavy atom. The highest BCUT2D eigenvalue weighted by Gasteiger charge is 2.59. The molecule has 5 aliphatic rings. The Balaban J connectivity index is 1.46. The van der Waals surface area contributed by atoms with Gasteiger partial charge in [-0.3, -0.25) is 0 Å². The molecule has 5 atom stereocenters. The van der Waals surface area contributed by atoms with Crippen LogP contribution in [-0.2, 0) is 0 Å². The molecule has 5 heterocycles. The van der Waals surface area contributed by atoms with Crippen LogP contribution in [0, 0.1) is 16.5 Å². The smallest absolute Gasteiger partial charge is 0.0995 e. The van der Waals surface area contributed by atoms with E-state index in [2.05, 4.69) is 75.9 Å². The Morgan fingerprint density at radius 1 is 0.905 bits per heavy atom. The summed E-state index contributed by atoms with van der Waals surface area (Å²) in [5.41, 5.74) is 1.66. The first-order valence-electron chi connectivity index (χ1n) is 16.6. The minimum Gasteiger partial charge on any atom is -0.758 e. The first-order chi connectivity index (χ1) is 20.6. The minimum absolute atomic E-state index is 0.0553. The van der Waals surface area contributed by atoms with Gasteiger partial charge in [0.1, 0.15) is 0 Å². The third kappa shape index (κ3) is 5.00. The summed E-state index contributed by atoms with van der Waals surface area (Å²) in [7, 11) is 0. The second-order valence-corrected chi connectivity index (χ2v) is 13.4. The van der Waals surface area contributed by atoms with Crippen molar-refractivity contribution in [2.24, 2.45) is 11.3 Å². The molecule has 42 heavy (non-hydrogen) atoms. The molecular formula is C36H47N4O2-. The largest absolute Gasteiger partial charge is 0.758 e. The molecule has 6 nitrogen and oxygen atoms in total. The monoisotopic (exact) mass is 567 g/mol. The Morgan fingerprint density at radius 2 is 1.69 bits per heavy atom. The number of H-pyrrole nitrogens is 1. The van der Waals surface area contributed by atoms with Crippen molar-refractivity contribution in [1.29, 1.82) is 0 Å². The summed E-state index contributed by atoms with van der Waals surface area (Å²) in [6.07, 6.45) is 25.0. The van der Waals surface area contributed by atoms with Gasteiger partial charge >= 0.3 is 0 Å². The third-order valence-electron chi connectivity index (χ3n) is 10.8. The number of piperidine rings is 1. The van der Waals surface area contributed by atoms with E-state index in [0.717, 1.165) is 104 Å². The molecule has 4 aliphatic heterocycles. The number of fused-ring (bicyclic) bond motifs is 4. The van der Waals surface area contributed by atoms with Gasteiger partial charge in [-0.25, -0.2) is 0 Å². The first kappa shape index (κ1) is 28.1. The molecule has 1 aromatic heterocycles.